The van der Waals surface area contributed by atoms with Crippen LogP contribution in [0.15, 0.2) is 30.6 Å². The average molecular weight is 381 g/mol. The maximum atomic E-state index is 9.16. The molecular formula is C21H27N5O2. The first-order valence-electron chi connectivity index (χ1n) is 9.86. The van der Waals surface area contributed by atoms with E-state index in [9.17, 15) is 0 Å². The molecule has 0 amide bonds. The number of aromatic nitrogens is 2. The zero-order valence-electron chi connectivity index (χ0n) is 16.2. The minimum Gasteiger partial charge on any atom is -0.396 e. The third kappa shape index (κ3) is 4.00. The van der Waals surface area contributed by atoms with E-state index >= 15 is 0 Å². The quantitative estimate of drug-likeness (QED) is 0.664. The normalized spacial score (nSPS) is 22.8. The van der Waals surface area contributed by atoms with E-state index in [1.165, 1.54) is 0 Å². The molecule has 148 valence electrons. The Kier molecular flexibility index (Phi) is 5.54. The number of fused-ring (bicyclic) bond motifs is 1. The van der Waals surface area contributed by atoms with Crippen LogP contribution in [-0.4, -0.2) is 59.7 Å². The molecule has 2 fully saturated rings. The van der Waals surface area contributed by atoms with Gasteiger partial charge in [-0.1, -0.05) is 0 Å². The summed E-state index contributed by atoms with van der Waals surface area (Å²) < 4.78 is 5.44. The molecule has 0 radical (unpaired) electrons. The van der Waals surface area contributed by atoms with E-state index in [2.05, 4.69) is 27.3 Å². The van der Waals surface area contributed by atoms with Crippen molar-refractivity contribution in [2.45, 2.75) is 25.8 Å². The highest BCUT2D eigenvalue weighted by molar-refractivity contribution is 6.20. The van der Waals surface area contributed by atoms with Crippen LogP contribution in [0.1, 0.15) is 25.5 Å². The Balaban J connectivity index is 1.57. The molecule has 1 aliphatic carbocycles. The first-order chi connectivity index (χ1) is 13.6. The minimum absolute atomic E-state index is 0.250. The van der Waals surface area contributed by atoms with Gasteiger partial charge in [-0.15, -0.1) is 0 Å². The summed E-state index contributed by atoms with van der Waals surface area (Å²) in [7, 11) is 0. The zero-order chi connectivity index (χ0) is 19.5. The molecule has 4 rings (SSSR count). The van der Waals surface area contributed by atoms with Crippen molar-refractivity contribution in [2.24, 2.45) is 5.92 Å². The van der Waals surface area contributed by atoms with Crippen LogP contribution in [0.25, 0.3) is 16.6 Å². The highest BCUT2D eigenvalue weighted by Gasteiger charge is 2.27. The van der Waals surface area contributed by atoms with Crippen molar-refractivity contribution in [3.8, 4) is 0 Å². The molecule has 2 heterocycles. The minimum atomic E-state index is 0.250. The number of aliphatic hydroxyl groups is 1. The van der Waals surface area contributed by atoms with Crippen LogP contribution in [0, 0.1) is 11.3 Å². The first kappa shape index (κ1) is 18.8. The van der Waals surface area contributed by atoms with Crippen LogP contribution < -0.4 is 10.2 Å². The van der Waals surface area contributed by atoms with Gasteiger partial charge in [0.2, 0.25) is 0 Å². The van der Waals surface area contributed by atoms with Gasteiger partial charge in [0.1, 0.15) is 0 Å². The zero-order valence-corrected chi connectivity index (χ0v) is 16.2. The average Bonchev–Trinajstić information content (AvgIpc) is 2.69. The van der Waals surface area contributed by atoms with E-state index < -0.39 is 0 Å². The highest BCUT2D eigenvalue weighted by Crippen LogP contribution is 2.27. The molecule has 0 bridgehead atoms. The molecule has 1 saturated heterocycles. The molecule has 1 aromatic carbocycles. The Hall–Kier alpha value is -2.51. The standard InChI is InChI=1S/C21H27N5O2/c1-14(22)18(11-23-16-8-15(9-16)13-27)21-12-24-19-3-2-17(10-20(19)25-21)26-4-6-28-7-5-26/h2-3,10-12,15-16,22-23,27H,4-9,13H2,1H3/b18-11+,22-14?/t15-,16-. The van der Waals surface area contributed by atoms with E-state index in [-0.39, 0.29) is 6.61 Å². The van der Waals surface area contributed by atoms with Crippen molar-refractivity contribution in [1.82, 2.24) is 15.3 Å². The van der Waals surface area contributed by atoms with E-state index in [0.717, 1.165) is 61.4 Å². The van der Waals surface area contributed by atoms with Crippen molar-refractivity contribution in [3.05, 3.63) is 36.3 Å². The van der Waals surface area contributed by atoms with Crippen molar-refractivity contribution in [3.63, 3.8) is 0 Å². The van der Waals surface area contributed by atoms with Crippen LogP contribution >= 0.6 is 0 Å². The van der Waals surface area contributed by atoms with Crippen LogP contribution in [0.5, 0.6) is 0 Å². The Bertz CT molecular complexity index is 885. The van der Waals surface area contributed by atoms with Gasteiger partial charge in [-0.05, 0) is 43.9 Å². The fourth-order valence-electron chi connectivity index (χ4n) is 3.74. The Labute approximate surface area is 164 Å². The number of hydrogen-bond donors (Lipinski definition) is 3. The lowest BCUT2D eigenvalue weighted by Gasteiger charge is -2.34. The molecule has 2 aromatic rings. The molecule has 2 aliphatic rings. The van der Waals surface area contributed by atoms with E-state index in [1.807, 2.05) is 12.3 Å². The van der Waals surface area contributed by atoms with Gasteiger partial charge in [0.15, 0.2) is 0 Å². The maximum absolute atomic E-state index is 9.16. The number of allylic oxidation sites excluding steroid dienone is 1. The summed E-state index contributed by atoms with van der Waals surface area (Å²) >= 11 is 0. The number of aliphatic hydroxyl groups excluding tert-OH is 1. The van der Waals surface area contributed by atoms with Crippen molar-refractivity contribution in [2.75, 3.05) is 37.8 Å². The van der Waals surface area contributed by atoms with Gasteiger partial charge in [0, 0.05) is 48.9 Å². The summed E-state index contributed by atoms with van der Waals surface area (Å²) in [4.78, 5) is 11.6. The molecule has 0 spiro atoms. The van der Waals surface area contributed by atoms with Crippen LogP contribution in [0.4, 0.5) is 5.69 Å². The SMILES string of the molecule is CC(=N)/C(=C\N[C@H]1C[C@H](CO)C1)c1cnc2ccc(N3CCOCC3)cc2n1. The Morgan fingerprint density at radius 2 is 2.11 bits per heavy atom. The number of rotatable bonds is 6. The number of nitrogens with one attached hydrogen (secondary N) is 2. The molecule has 0 unspecified atom stereocenters. The summed E-state index contributed by atoms with van der Waals surface area (Å²) in [5.41, 5.74) is 4.70. The monoisotopic (exact) mass is 381 g/mol. The van der Waals surface area contributed by atoms with Crippen LogP contribution in [0.3, 0.4) is 0 Å². The molecule has 7 nitrogen and oxygen atoms in total. The fraction of sp³-hybridized carbons (Fsp3) is 0.476. The van der Waals surface area contributed by atoms with Crippen LogP contribution in [0.2, 0.25) is 0 Å². The van der Waals surface area contributed by atoms with Gasteiger partial charge in [-0.3, -0.25) is 4.98 Å². The van der Waals surface area contributed by atoms with Gasteiger partial charge in [-0.2, -0.15) is 0 Å². The molecule has 0 atom stereocenters. The molecule has 1 aliphatic heterocycles. The number of anilines is 1. The summed E-state index contributed by atoms with van der Waals surface area (Å²) in [5.74, 6) is 0.398. The van der Waals surface area contributed by atoms with Crippen molar-refractivity contribution in [1.29, 1.82) is 5.41 Å². The fourth-order valence-corrected chi connectivity index (χ4v) is 3.74. The van der Waals surface area contributed by atoms with Gasteiger partial charge in [-0.25, -0.2) is 4.98 Å². The Morgan fingerprint density at radius 3 is 2.82 bits per heavy atom. The van der Waals surface area contributed by atoms with Crippen molar-refractivity contribution < 1.29 is 9.84 Å². The number of hydrogen-bond acceptors (Lipinski definition) is 7. The van der Waals surface area contributed by atoms with E-state index in [4.69, 9.17) is 20.2 Å². The first-order valence-corrected chi connectivity index (χ1v) is 9.86. The number of ether oxygens (including phenoxy) is 1. The second-order valence-corrected chi connectivity index (χ2v) is 7.59. The molecule has 3 N–H and O–H groups in total. The van der Waals surface area contributed by atoms with Crippen molar-refractivity contribution >= 4 is 28.0 Å². The lowest BCUT2D eigenvalue weighted by molar-refractivity contribution is 0.122. The molecule has 7 heteroatoms. The number of benzene rings is 1. The number of morpholine rings is 1. The molecule has 1 aromatic heterocycles. The second kappa shape index (κ2) is 8.24. The summed E-state index contributed by atoms with van der Waals surface area (Å²) in [5, 5.41) is 20.7. The molecule has 1 saturated carbocycles. The van der Waals surface area contributed by atoms with Crippen LogP contribution in [-0.2, 0) is 4.74 Å². The smallest absolute Gasteiger partial charge is 0.0925 e. The Morgan fingerprint density at radius 1 is 1.32 bits per heavy atom. The van der Waals surface area contributed by atoms with Gasteiger partial charge in [0.25, 0.3) is 0 Å². The summed E-state index contributed by atoms with van der Waals surface area (Å²) in [6.07, 6.45) is 5.54. The number of nitrogens with zero attached hydrogens (tertiary/aromatic N) is 3. The van der Waals surface area contributed by atoms with E-state index in [1.54, 1.807) is 13.1 Å². The van der Waals surface area contributed by atoms with Gasteiger partial charge < -0.3 is 25.5 Å². The summed E-state index contributed by atoms with van der Waals surface area (Å²) in [6.45, 7) is 5.26. The maximum Gasteiger partial charge on any atom is 0.0925 e. The lowest BCUT2D eigenvalue weighted by atomic mass is 9.81. The third-order valence-electron chi connectivity index (χ3n) is 5.54. The largest absolute Gasteiger partial charge is 0.396 e. The topological polar surface area (TPSA) is 94.4 Å². The van der Waals surface area contributed by atoms with E-state index in [0.29, 0.717) is 23.4 Å². The molecule has 28 heavy (non-hydrogen) atoms. The third-order valence-corrected chi connectivity index (χ3v) is 5.54. The second-order valence-electron chi connectivity index (χ2n) is 7.59. The molecular weight excluding hydrogens is 354 g/mol. The predicted octanol–water partition coefficient (Wildman–Crippen LogP) is 2.21. The lowest BCUT2D eigenvalue weighted by Crippen LogP contribution is -2.40. The predicted molar refractivity (Wildman–Crippen MR) is 111 cm³/mol. The summed E-state index contributed by atoms with van der Waals surface area (Å²) in [6, 6.07) is 6.50. The van der Waals surface area contributed by atoms with Gasteiger partial charge in [0.05, 0.1) is 36.1 Å². The highest BCUT2D eigenvalue weighted by atomic mass is 16.5. The van der Waals surface area contributed by atoms with Gasteiger partial charge >= 0.3 is 0 Å².